The second-order valence-electron chi connectivity index (χ2n) is 7.94. The Morgan fingerprint density at radius 1 is 1.27 bits per heavy atom. The fourth-order valence-electron chi connectivity index (χ4n) is 3.63. The van der Waals surface area contributed by atoms with Crippen LogP contribution in [0.4, 0.5) is 0 Å². The predicted octanol–water partition coefficient (Wildman–Crippen LogP) is 3.92. The molecule has 5 nitrogen and oxygen atoms in total. The summed E-state index contributed by atoms with van der Waals surface area (Å²) in [6, 6.07) is 9.61. The Kier molecular flexibility index (Phi) is 4.53. The number of ether oxygens (including phenoxy) is 2. The van der Waals surface area contributed by atoms with E-state index in [1.807, 2.05) is 52.0 Å². The van der Waals surface area contributed by atoms with Gasteiger partial charge in [-0.3, -0.25) is 4.79 Å². The van der Waals surface area contributed by atoms with Gasteiger partial charge >= 0.3 is 0 Å². The number of hydrogen-bond acceptors (Lipinski definition) is 5. The molecule has 1 aliphatic carbocycles. The van der Waals surface area contributed by atoms with E-state index in [0.29, 0.717) is 24.2 Å². The van der Waals surface area contributed by atoms with Crippen LogP contribution in [-0.4, -0.2) is 11.9 Å². The van der Waals surface area contributed by atoms with E-state index in [-0.39, 0.29) is 28.8 Å². The number of benzene rings is 1. The topological polar surface area (TPSA) is 85.3 Å². The number of nitriles is 1. The molecular formula is C21H24N2O3. The van der Waals surface area contributed by atoms with Crippen molar-refractivity contribution in [3.8, 4) is 11.8 Å². The van der Waals surface area contributed by atoms with E-state index in [1.54, 1.807) is 0 Å². The monoisotopic (exact) mass is 352 g/mol. The molecule has 3 rings (SSSR count). The fourth-order valence-corrected chi connectivity index (χ4v) is 3.63. The van der Waals surface area contributed by atoms with E-state index in [4.69, 9.17) is 15.2 Å². The van der Waals surface area contributed by atoms with Crippen molar-refractivity contribution >= 4 is 5.78 Å². The van der Waals surface area contributed by atoms with Gasteiger partial charge in [-0.1, -0.05) is 26.0 Å². The summed E-state index contributed by atoms with van der Waals surface area (Å²) in [6.45, 7) is 7.99. The molecule has 0 saturated carbocycles. The molecule has 1 atom stereocenters. The highest BCUT2D eigenvalue weighted by molar-refractivity contribution is 6.00. The predicted molar refractivity (Wildman–Crippen MR) is 97.9 cm³/mol. The number of Topliss-reactive ketones (excluding diaryl/α,β-unsaturated/α-hetero) is 1. The number of carbonyl (C=O) groups is 1. The minimum Gasteiger partial charge on any atom is -0.491 e. The van der Waals surface area contributed by atoms with Crippen LogP contribution in [0.2, 0.25) is 0 Å². The van der Waals surface area contributed by atoms with Gasteiger partial charge in [0.05, 0.1) is 12.0 Å². The van der Waals surface area contributed by atoms with Gasteiger partial charge in [-0.25, -0.2) is 0 Å². The van der Waals surface area contributed by atoms with Crippen molar-refractivity contribution in [2.75, 3.05) is 0 Å². The van der Waals surface area contributed by atoms with Crippen molar-refractivity contribution in [1.82, 2.24) is 0 Å². The molecule has 5 heteroatoms. The summed E-state index contributed by atoms with van der Waals surface area (Å²) >= 11 is 0. The van der Waals surface area contributed by atoms with E-state index >= 15 is 0 Å². The SMILES string of the molecule is CC(C)Oc1ccc(C2C(C#N)=C(N)OC3=C2C(=O)CC(C)(C)C3)cc1. The lowest BCUT2D eigenvalue weighted by Gasteiger charge is -2.37. The number of carbonyl (C=O) groups excluding carboxylic acids is 1. The van der Waals surface area contributed by atoms with Crippen LogP contribution in [-0.2, 0) is 9.53 Å². The van der Waals surface area contributed by atoms with Gasteiger partial charge in [0, 0.05) is 18.4 Å². The molecule has 2 aliphatic rings. The molecule has 136 valence electrons. The quantitative estimate of drug-likeness (QED) is 0.891. The van der Waals surface area contributed by atoms with Gasteiger partial charge in [-0.05, 0) is 37.0 Å². The molecule has 1 heterocycles. The number of allylic oxidation sites excluding steroid dienone is 3. The second kappa shape index (κ2) is 6.53. The normalized spacial score (nSPS) is 22.0. The number of hydrogen-bond donors (Lipinski definition) is 1. The van der Waals surface area contributed by atoms with Gasteiger partial charge in [0.1, 0.15) is 23.2 Å². The smallest absolute Gasteiger partial charge is 0.205 e. The minimum absolute atomic E-state index is 0.0176. The van der Waals surface area contributed by atoms with Crippen LogP contribution in [0.5, 0.6) is 5.75 Å². The van der Waals surface area contributed by atoms with E-state index in [0.717, 1.165) is 11.3 Å². The van der Waals surface area contributed by atoms with Crippen LogP contribution in [0, 0.1) is 16.7 Å². The van der Waals surface area contributed by atoms with Crippen LogP contribution in [0.1, 0.15) is 52.0 Å². The summed E-state index contributed by atoms with van der Waals surface area (Å²) in [5.41, 5.74) is 7.52. The molecule has 2 N–H and O–H groups in total. The largest absolute Gasteiger partial charge is 0.491 e. The molecule has 1 aromatic rings. The third-order valence-corrected chi connectivity index (χ3v) is 4.66. The number of rotatable bonds is 3. The zero-order valence-electron chi connectivity index (χ0n) is 15.6. The van der Waals surface area contributed by atoms with E-state index in [9.17, 15) is 10.1 Å². The van der Waals surface area contributed by atoms with Crippen LogP contribution in [0.25, 0.3) is 0 Å². The maximum absolute atomic E-state index is 12.9. The zero-order valence-corrected chi connectivity index (χ0v) is 15.6. The molecule has 26 heavy (non-hydrogen) atoms. The average molecular weight is 352 g/mol. The Bertz CT molecular complexity index is 839. The van der Waals surface area contributed by atoms with Gasteiger partial charge < -0.3 is 15.2 Å². The molecule has 1 aliphatic heterocycles. The first-order chi connectivity index (χ1) is 12.2. The van der Waals surface area contributed by atoms with Crippen molar-refractivity contribution in [2.45, 2.75) is 52.6 Å². The van der Waals surface area contributed by atoms with Crippen molar-refractivity contribution in [2.24, 2.45) is 11.1 Å². The first kappa shape index (κ1) is 18.1. The van der Waals surface area contributed by atoms with Crippen LogP contribution >= 0.6 is 0 Å². The van der Waals surface area contributed by atoms with Crippen LogP contribution in [0.3, 0.4) is 0 Å². The van der Waals surface area contributed by atoms with Gasteiger partial charge in [0.25, 0.3) is 0 Å². The molecule has 0 radical (unpaired) electrons. The summed E-state index contributed by atoms with van der Waals surface area (Å²) in [6.07, 6.45) is 1.13. The minimum atomic E-state index is -0.486. The van der Waals surface area contributed by atoms with Crippen LogP contribution in [0.15, 0.2) is 47.1 Å². The Morgan fingerprint density at radius 3 is 2.50 bits per heavy atom. The lowest BCUT2D eigenvalue weighted by Crippen LogP contribution is -2.33. The summed E-state index contributed by atoms with van der Waals surface area (Å²) < 4.78 is 11.4. The highest BCUT2D eigenvalue weighted by atomic mass is 16.5. The number of ketones is 1. The van der Waals surface area contributed by atoms with Crippen molar-refractivity contribution < 1.29 is 14.3 Å². The lowest BCUT2D eigenvalue weighted by atomic mass is 9.70. The van der Waals surface area contributed by atoms with Crippen molar-refractivity contribution in [3.05, 3.63) is 52.6 Å². The molecule has 1 unspecified atom stereocenters. The van der Waals surface area contributed by atoms with Gasteiger partial charge in [-0.15, -0.1) is 0 Å². The third kappa shape index (κ3) is 3.32. The molecule has 0 spiro atoms. The maximum Gasteiger partial charge on any atom is 0.205 e. The van der Waals surface area contributed by atoms with Gasteiger partial charge in [0.2, 0.25) is 5.88 Å². The highest BCUT2D eigenvalue weighted by Gasteiger charge is 2.42. The molecule has 0 aromatic heterocycles. The van der Waals surface area contributed by atoms with E-state index < -0.39 is 5.92 Å². The number of nitrogens with two attached hydrogens (primary N) is 1. The summed E-state index contributed by atoms with van der Waals surface area (Å²) in [7, 11) is 0. The zero-order chi connectivity index (χ0) is 19.1. The summed E-state index contributed by atoms with van der Waals surface area (Å²) in [4.78, 5) is 12.9. The molecular weight excluding hydrogens is 328 g/mol. The second-order valence-corrected chi connectivity index (χ2v) is 7.94. The molecule has 0 saturated heterocycles. The fraction of sp³-hybridized carbons (Fsp3) is 0.429. The first-order valence-electron chi connectivity index (χ1n) is 8.82. The summed E-state index contributed by atoms with van der Waals surface area (Å²) in [5, 5.41) is 9.62. The molecule has 0 fully saturated rings. The highest BCUT2D eigenvalue weighted by Crippen LogP contribution is 2.47. The Balaban J connectivity index is 2.06. The average Bonchev–Trinajstić information content (AvgIpc) is 2.52. The third-order valence-electron chi connectivity index (χ3n) is 4.66. The van der Waals surface area contributed by atoms with Gasteiger partial charge in [-0.2, -0.15) is 5.26 Å². The Labute approximate surface area is 154 Å². The molecule has 0 bridgehead atoms. The molecule has 1 aromatic carbocycles. The standard InChI is InChI=1S/C21H24N2O3/c1-12(2)25-14-7-5-13(6-8-14)18-15(11-22)20(23)26-17-10-21(3,4)9-16(24)19(17)18/h5-8,12,18H,9-10,23H2,1-4H3. The molecule has 0 amide bonds. The maximum atomic E-state index is 12.9. The van der Waals surface area contributed by atoms with Crippen molar-refractivity contribution in [1.29, 1.82) is 5.26 Å². The van der Waals surface area contributed by atoms with Crippen molar-refractivity contribution in [3.63, 3.8) is 0 Å². The van der Waals surface area contributed by atoms with E-state index in [2.05, 4.69) is 6.07 Å². The Hall–Kier alpha value is -2.74. The lowest BCUT2D eigenvalue weighted by molar-refractivity contribution is -0.119. The van der Waals surface area contributed by atoms with E-state index in [1.165, 1.54) is 0 Å². The van der Waals surface area contributed by atoms with Gasteiger partial charge in [0.15, 0.2) is 5.78 Å². The number of nitrogens with zero attached hydrogens (tertiary/aromatic N) is 1. The summed E-state index contributed by atoms with van der Waals surface area (Å²) in [5.74, 6) is 0.959. The van der Waals surface area contributed by atoms with Crippen LogP contribution < -0.4 is 10.5 Å². The Morgan fingerprint density at radius 2 is 1.92 bits per heavy atom. The first-order valence-corrected chi connectivity index (χ1v) is 8.82.